The quantitative estimate of drug-likeness (QED) is 0.562. The molecule has 8 heteroatoms. The van der Waals surface area contributed by atoms with E-state index >= 15 is 0 Å². The number of benzene rings is 1. The number of carbonyl (C=O) groups excluding carboxylic acids is 2. The molecule has 2 heterocycles. The molecule has 0 bridgehead atoms. The van der Waals surface area contributed by atoms with Gasteiger partial charge in [0.25, 0.3) is 0 Å². The van der Waals surface area contributed by atoms with Crippen LogP contribution in [0.3, 0.4) is 0 Å². The monoisotopic (exact) mass is 388 g/mol. The van der Waals surface area contributed by atoms with Crippen molar-refractivity contribution in [3.05, 3.63) is 29.8 Å². The molecule has 26 heavy (non-hydrogen) atoms. The molecular formula is C18H20N4O2S2. The van der Waals surface area contributed by atoms with Crippen molar-refractivity contribution in [2.75, 3.05) is 22.1 Å². The summed E-state index contributed by atoms with van der Waals surface area (Å²) in [6.07, 6.45) is 3.43. The first-order valence-corrected chi connectivity index (χ1v) is 10.6. The number of carbonyl (C=O) groups is 2. The second-order valence-electron chi connectivity index (χ2n) is 6.41. The lowest BCUT2D eigenvalue weighted by atomic mass is 10.2. The Labute approximate surface area is 160 Å². The number of hydrogen-bond donors (Lipinski definition) is 0. The summed E-state index contributed by atoms with van der Waals surface area (Å²) >= 11 is 2.79. The lowest BCUT2D eigenvalue weighted by Gasteiger charge is -2.17. The van der Waals surface area contributed by atoms with Crippen molar-refractivity contribution >= 4 is 45.7 Å². The number of rotatable bonds is 6. The molecule has 2 aliphatic rings. The van der Waals surface area contributed by atoms with Gasteiger partial charge in [0.05, 0.1) is 5.75 Å². The smallest absolute Gasteiger partial charge is 0.237 e. The Kier molecular flexibility index (Phi) is 4.95. The van der Waals surface area contributed by atoms with Crippen LogP contribution in [-0.4, -0.2) is 40.4 Å². The molecule has 0 saturated heterocycles. The average molecular weight is 389 g/mol. The molecule has 6 nitrogen and oxygen atoms in total. The lowest BCUT2D eigenvalue weighted by molar-refractivity contribution is -0.118. The summed E-state index contributed by atoms with van der Waals surface area (Å²) in [5.41, 5.74) is 2.24. The fourth-order valence-electron chi connectivity index (χ4n) is 3.13. The summed E-state index contributed by atoms with van der Waals surface area (Å²) in [5.74, 6) is 0.499. The molecule has 0 atom stereocenters. The van der Waals surface area contributed by atoms with Gasteiger partial charge in [-0.05, 0) is 30.9 Å². The van der Waals surface area contributed by atoms with Crippen LogP contribution in [0.1, 0.15) is 31.7 Å². The lowest BCUT2D eigenvalue weighted by Crippen LogP contribution is -2.32. The number of para-hydroxylation sites is 1. The Bertz CT molecular complexity index is 834. The Morgan fingerprint density at radius 1 is 1.31 bits per heavy atom. The van der Waals surface area contributed by atoms with E-state index in [9.17, 15) is 9.59 Å². The van der Waals surface area contributed by atoms with Crippen molar-refractivity contribution < 1.29 is 9.59 Å². The van der Waals surface area contributed by atoms with Crippen molar-refractivity contribution in [2.45, 2.75) is 43.0 Å². The highest BCUT2D eigenvalue weighted by Gasteiger charge is 2.35. The predicted molar refractivity (Wildman–Crippen MR) is 104 cm³/mol. The van der Waals surface area contributed by atoms with E-state index in [1.54, 1.807) is 4.90 Å². The highest BCUT2D eigenvalue weighted by atomic mass is 32.2. The van der Waals surface area contributed by atoms with E-state index in [2.05, 4.69) is 16.3 Å². The summed E-state index contributed by atoms with van der Waals surface area (Å²) in [7, 11) is 0. The van der Waals surface area contributed by atoms with Crippen molar-refractivity contribution in [3.8, 4) is 0 Å². The number of fused-ring (bicyclic) bond motifs is 1. The minimum atomic E-state index is 0.0837. The fraction of sp³-hybridized carbons (Fsp3) is 0.444. The first-order valence-electron chi connectivity index (χ1n) is 8.84. The topological polar surface area (TPSA) is 66.4 Å². The van der Waals surface area contributed by atoms with Crippen LogP contribution in [0.15, 0.2) is 28.6 Å². The molecular weight excluding hydrogens is 368 g/mol. The minimum absolute atomic E-state index is 0.0837. The van der Waals surface area contributed by atoms with E-state index in [-0.39, 0.29) is 17.9 Å². The van der Waals surface area contributed by atoms with Crippen molar-refractivity contribution in [1.29, 1.82) is 0 Å². The molecule has 1 aliphatic carbocycles. The average Bonchev–Trinajstić information content (AvgIpc) is 3.22. The maximum atomic E-state index is 12.6. The van der Waals surface area contributed by atoms with Gasteiger partial charge >= 0.3 is 0 Å². The molecule has 0 radical (unpaired) electrons. The molecule has 2 aromatic rings. The van der Waals surface area contributed by atoms with Crippen LogP contribution in [0, 0.1) is 0 Å². The van der Waals surface area contributed by atoms with Crippen molar-refractivity contribution in [2.24, 2.45) is 0 Å². The van der Waals surface area contributed by atoms with E-state index in [0.29, 0.717) is 17.3 Å². The van der Waals surface area contributed by atoms with E-state index < -0.39 is 0 Å². The predicted octanol–water partition coefficient (Wildman–Crippen LogP) is 3.12. The molecule has 4 rings (SSSR count). The summed E-state index contributed by atoms with van der Waals surface area (Å²) < 4.78 is 0.732. The number of nitrogens with zero attached hydrogens (tertiary/aromatic N) is 4. The van der Waals surface area contributed by atoms with Crippen LogP contribution in [0.25, 0.3) is 0 Å². The molecule has 1 aromatic carbocycles. The fourth-order valence-corrected chi connectivity index (χ4v) is 4.93. The number of hydrogen-bond acceptors (Lipinski definition) is 6. The summed E-state index contributed by atoms with van der Waals surface area (Å²) in [4.78, 5) is 28.4. The molecule has 0 N–H and O–H groups in total. The molecule has 1 aromatic heterocycles. The second-order valence-corrected chi connectivity index (χ2v) is 8.59. The Hall–Kier alpha value is -1.93. The maximum Gasteiger partial charge on any atom is 0.237 e. The number of anilines is 2. The third kappa shape index (κ3) is 3.48. The number of aromatic nitrogens is 2. The minimum Gasteiger partial charge on any atom is -0.311 e. The standard InChI is InChI=1S/C18H20N4O2S2/c1-2-15(23)22(13-7-8-13)17-19-20-18(26-17)25-11-16(24)21-10-9-12-5-3-4-6-14(12)21/h3-6,13H,2,7-11H2,1H3. The normalized spacial score (nSPS) is 15.8. The SMILES string of the molecule is CCC(=O)N(c1nnc(SCC(=O)N2CCc3ccccc32)s1)C1CC1. The molecule has 0 spiro atoms. The van der Waals surface area contributed by atoms with Crippen LogP contribution in [0.2, 0.25) is 0 Å². The Morgan fingerprint density at radius 2 is 2.12 bits per heavy atom. The van der Waals surface area contributed by atoms with E-state index in [4.69, 9.17) is 0 Å². The van der Waals surface area contributed by atoms with Gasteiger partial charge in [0.15, 0.2) is 4.34 Å². The highest BCUT2D eigenvalue weighted by molar-refractivity contribution is 8.01. The zero-order chi connectivity index (χ0) is 18.1. The zero-order valence-corrected chi connectivity index (χ0v) is 16.2. The Balaban J connectivity index is 1.39. The van der Waals surface area contributed by atoms with Crippen LogP contribution < -0.4 is 9.80 Å². The molecule has 1 fully saturated rings. The largest absolute Gasteiger partial charge is 0.311 e. The van der Waals surface area contributed by atoms with E-state index in [0.717, 1.165) is 35.8 Å². The summed E-state index contributed by atoms with van der Waals surface area (Å²) in [6, 6.07) is 8.32. The molecule has 1 saturated carbocycles. The van der Waals surface area contributed by atoms with Crippen LogP contribution in [0.5, 0.6) is 0 Å². The van der Waals surface area contributed by atoms with E-state index in [1.165, 1.54) is 28.7 Å². The number of amides is 2. The highest BCUT2D eigenvalue weighted by Crippen LogP contribution is 2.36. The van der Waals surface area contributed by atoms with Crippen LogP contribution >= 0.6 is 23.1 Å². The number of thioether (sulfide) groups is 1. The summed E-state index contributed by atoms with van der Waals surface area (Å²) in [5, 5.41) is 9.01. The first kappa shape index (κ1) is 17.5. The van der Waals surface area contributed by atoms with Gasteiger partial charge in [-0.25, -0.2) is 0 Å². The molecule has 1 aliphatic heterocycles. The third-order valence-corrected chi connectivity index (χ3v) is 6.63. The summed E-state index contributed by atoms with van der Waals surface area (Å²) in [6.45, 7) is 2.60. The van der Waals surface area contributed by atoms with Gasteiger partial charge in [0.2, 0.25) is 16.9 Å². The van der Waals surface area contributed by atoms with E-state index in [1.807, 2.05) is 30.0 Å². The van der Waals surface area contributed by atoms with Crippen LogP contribution in [0.4, 0.5) is 10.8 Å². The van der Waals surface area contributed by atoms with Gasteiger partial charge in [0.1, 0.15) is 0 Å². The third-order valence-electron chi connectivity index (χ3n) is 4.59. The molecule has 136 valence electrons. The zero-order valence-electron chi connectivity index (χ0n) is 14.6. The van der Waals surface area contributed by atoms with Gasteiger partial charge in [0, 0.05) is 24.7 Å². The van der Waals surface area contributed by atoms with Gasteiger partial charge in [-0.15, -0.1) is 10.2 Å². The van der Waals surface area contributed by atoms with Gasteiger partial charge in [-0.3, -0.25) is 14.5 Å². The van der Waals surface area contributed by atoms with Gasteiger partial charge in [-0.1, -0.05) is 48.2 Å². The molecule has 2 amide bonds. The Morgan fingerprint density at radius 3 is 2.88 bits per heavy atom. The van der Waals surface area contributed by atoms with Gasteiger partial charge < -0.3 is 4.90 Å². The maximum absolute atomic E-state index is 12.6. The van der Waals surface area contributed by atoms with Crippen molar-refractivity contribution in [1.82, 2.24) is 10.2 Å². The van der Waals surface area contributed by atoms with Crippen molar-refractivity contribution in [3.63, 3.8) is 0 Å². The first-order chi connectivity index (χ1) is 12.7. The van der Waals surface area contributed by atoms with Crippen LogP contribution in [-0.2, 0) is 16.0 Å². The molecule has 0 unspecified atom stereocenters. The second kappa shape index (κ2) is 7.36. The van der Waals surface area contributed by atoms with Gasteiger partial charge in [-0.2, -0.15) is 0 Å².